The SMILES string of the molecule is CC(C)(C)OC(=O)N1CCC(c2ccc(C(N)=O)c(F)c2)CC1. The third kappa shape index (κ3) is 4.43. The molecule has 126 valence electrons. The van der Waals surface area contributed by atoms with Crippen LogP contribution in [0.5, 0.6) is 0 Å². The average Bonchev–Trinajstić information content (AvgIpc) is 2.45. The number of hydrogen-bond donors (Lipinski definition) is 1. The Bertz CT molecular complexity index is 602. The van der Waals surface area contributed by atoms with Crippen LogP contribution in [0.3, 0.4) is 0 Å². The zero-order chi connectivity index (χ0) is 17.2. The van der Waals surface area contributed by atoms with Gasteiger partial charge in [0, 0.05) is 13.1 Å². The Morgan fingerprint density at radius 3 is 2.35 bits per heavy atom. The molecule has 1 saturated heterocycles. The van der Waals surface area contributed by atoms with E-state index >= 15 is 0 Å². The molecule has 1 aliphatic rings. The summed E-state index contributed by atoms with van der Waals surface area (Å²) in [6.07, 6.45) is 1.15. The smallest absolute Gasteiger partial charge is 0.410 e. The molecule has 2 rings (SSSR count). The van der Waals surface area contributed by atoms with Crippen LogP contribution in [0, 0.1) is 5.82 Å². The van der Waals surface area contributed by atoms with Gasteiger partial charge in [-0.25, -0.2) is 9.18 Å². The second kappa shape index (κ2) is 6.56. The van der Waals surface area contributed by atoms with Gasteiger partial charge < -0.3 is 15.4 Å². The summed E-state index contributed by atoms with van der Waals surface area (Å²) in [7, 11) is 0. The van der Waals surface area contributed by atoms with Gasteiger partial charge in [-0.15, -0.1) is 0 Å². The highest BCUT2D eigenvalue weighted by Gasteiger charge is 2.27. The maximum absolute atomic E-state index is 13.9. The first-order chi connectivity index (χ1) is 10.7. The highest BCUT2D eigenvalue weighted by Crippen LogP contribution is 2.29. The van der Waals surface area contributed by atoms with Gasteiger partial charge in [-0.05, 0) is 57.2 Å². The fraction of sp³-hybridized carbons (Fsp3) is 0.529. The van der Waals surface area contributed by atoms with Gasteiger partial charge in [0.2, 0.25) is 0 Å². The summed E-state index contributed by atoms with van der Waals surface area (Å²) in [5.74, 6) is -1.21. The molecule has 0 aliphatic carbocycles. The molecule has 5 nitrogen and oxygen atoms in total. The lowest BCUT2D eigenvalue weighted by Gasteiger charge is -2.33. The molecule has 0 saturated carbocycles. The minimum Gasteiger partial charge on any atom is -0.444 e. The molecule has 23 heavy (non-hydrogen) atoms. The first-order valence-electron chi connectivity index (χ1n) is 7.74. The van der Waals surface area contributed by atoms with Crippen LogP contribution in [0.2, 0.25) is 0 Å². The van der Waals surface area contributed by atoms with Crippen LogP contribution >= 0.6 is 0 Å². The molecular formula is C17H23FN2O3. The monoisotopic (exact) mass is 322 g/mol. The van der Waals surface area contributed by atoms with Crippen molar-refractivity contribution in [3.8, 4) is 0 Å². The van der Waals surface area contributed by atoms with Crippen LogP contribution in [-0.4, -0.2) is 35.6 Å². The van der Waals surface area contributed by atoms with Crippen molar-refractivity contribution < 1.29 is 18.7 Å². The molecule has 2 N–H and O–H groups in total. The van der Waals surface area contributed by atoms with Crippen molar-refractivity contribution in [2.45, 2.75) is 45.1 Å². The number of nitrogens with two attached hydrogens (primary N) is 1. The molecule has 0 bridgehead atoms. The molecule has 1 heterocycles. The van der Waals surface area contributed by atoms with Crippen molar-refractivity contribution in [1.29, 1.82) is 0 Å². The molecule has 1 aromatic carbocycles. The summed E-state index contributed by atoms with van der Waals surface area (Å²) in [5.41, 5.74) is 5.33. The number of primary amides is 1. The van der Waals surface area contributed by atoms with Crippen molar-refractivity contribution >= 4 is 12.0 Å². The molecule has 6 heteroatoms. The number of rotatable bonds is 2. The van der Waals surface area contributed by atoms with E-state index in [0.717, 1.165) is 18.4 Å². The van der Waals surface area contributed by atoms with Crippen LogP contribution in [-0.2, 0) is 4.74 Å². The third-order valence-corrected chi connectivity index (χ3v) is 3.88. The lowest BCUT2D eigenvalue weighted by molar-refractivity contribution is 0.0204. The van der Waals surface area contributed by atoms with Crippen LogP contribution in [0.15, 0.2) is 18.2 Å². The Labute approximate surface area is 135 Å². The fourth-order valence-corrected chi connectivity index (χ4v) is 2.71. The molecule has 0 unspecified atom stereocenters. The minimum atomic E-state index is -0.770. The Morgan fingerprint density at radius 1 is 1.26 bits per heavy atom. The molecule has 1 aliphatic heterocycles. The van der Waals surface area contributed by atoms with E-state index in [1.165, 1.54) is 12.1 Å². The fourth-order valence-electron chi connectivity index (χ4n) is 2.71. The Balaban J connectivity index is 1.98. The summed E-state index contributed by atoms with van der Waals surface area (Å²) < 4.78 is 19.2. The van der Waals surface area contributed by atoms with E-state index < -0.39 is 17.3 Å². The van der Waals surface area contributed by atoms with Crippen molar-refractivity contribution in [3.63, 3.8) is 0 Å². The van der Waals surface area contributed by atoms with Gasteiger partial charge in [-0.1, -0.05) is 6.07 Å². The maximum atomic E-state index is 13.9. The number of carbonyl (C=O) groups excluding carboxylic acids is 2. The highest BCUT2D eigenvalue weighted by molar-refractivity contribution is 5.93. The zero-order valence-corrected chi connectivity index (χ0v) is 13.8. The maximum Gasteiger partial charge on any atom is 0.410 e. The number of hydrogen-bond acceptors (Lipinski definition) is 3. The van der Waals surface area contributed by atoms with Crippen LogP contribution in [0.1, 0.15) is 55.5 Å². The normalized spacial score (nSPS) is 16.3. The van der Waals surface area contributed by atoms with Crippen LogP contribution in [0.4, 0.5) is 9.18 Å². The number of piperidine rings is 1. The number of ether oxygens (including phenoxy) is 1. The summed E-state index contributed by atoms with van der Waals surface area (Å²) in [5, 5.41) is 0. The second-order valence-electron chi connectivity index (χ2n) is 6.85. The molecule has 0 spiro atoms. The highest BCUT2D eigenvalue weighted by atomic mass is 19.1. The van der Waals surface area contributed by atoms with Gasteiger partial charge in [0.15, 0.2) is 0 Å². The molecule has 1 fully saturated rings. The third-order valence-electron chi connectivity index (χ3n) is 3.88. The Kier molecular flexibility index (Phi) is 4.92. The van der Waals surface area contributed by atoms with Crippen molar-refractivity contribution in [1.82, 2.24) is 4.90 Å². The summed E-state index contributed by atoms with van der Waals surface area (Å²) >= 11 is 0. The predicted molar refractivity (Wildman–Crippen MR) is 84.7 cm³/mol. The number of carbonyl (C=O) groups is 2. The number of amides is 2. The number of nitrogens with zero attached hydrogens (tertiary/aromatic N) is 1. The van der Waals surface area contributed by atoms with E-state index in [9.17, 15) is 14.0 Å². The number of halogens is 1. The molecular weight excluding hydrogens is 299 g/mol. The first kappa shape index (κ1) is 17.2. The zero-order valence-electron chi connectivity index (χ0n) is 13.8. The molecule has 2 amide bonds. The number of benzene rings is 1. The second-order valence-corrected chi connectivity index (χ2v) is 6.85. The molecule has 0 radical (unpaired) electrons. The van der Waals surface area contributed by atoms with E-state index in [1.54, 1.807) is 11.0 Å². The topological polar surface area (TPSA) is 72.6 Å². The van der Waals surface area contributed by atoms with E-state index in [1.807, 2.05) is 20.8 Å². The Morgan fingerprint density at radius 2 is 1.87 bits per heavy atom. The van der Waals surface area contributed by atoms with E-state index in [-0.39, 0.29) is 17.6 Å². The predicted octanol–water partition coefficient (Wildman–Crippen LogP) is 3.04. The van der Waals surface area contributed by atoms with E-state index in [4.69, 9.17) is 10.5 Å². The van der Waals surface area contributed by atoms with Gasteiger partial charge in [-0.2, -0.15) is 0 Å². The van der Waals surface area contributed by atoms with Gasteiger partial charge in [0.25, 0.3) is 5.91 Å². The molecule has 0 atom stereocenters. The summed E-state index contributed by atoms with van der Waals surface area (Å²) in [4.78, 5) is 24.8. The standard InChI is InChI=1S/C17H23FN2O3/c1-17(2,3)23-16(22)20-8-6-11(7-9-20)12-4-5-13(15(19)21)14(18)10-12/h4-5,10-11H,6-9H2,1-3H3,(H2,19,21). The van der Waals surface area contributed by atoms with Gasteiger partial charge >= 0.3 is 6.09 Å². The molecule has 1 aromatic rings. The van der Waals surface area contributed by atoms with Gasteiger partial charge in [0.1, 0.15) is 11.4 Å². The molecule has 0 aromatic heterocycles. The van der Waals surface area contributed by atoms with E-state index in [0.29, 0.717) is 13.1 Å². The van der Waals surface area contributed by atoms with Crippen LogP contribution in [0.25, 0.3) is 0 Å². The van der Waals surface area contributed by atoms with Gasteiger partial charge in [-0.3, -0.25) is 4.79 Å². The summed E-state index contributed by atoms with van der Waals surface area (Å²) in [6, 6.07) is 4.53. The quantitative estimate of drug-likeness (QED) is 0.909. The Hall–Kier alpha value is -2.11. The summed E-state index contributed by atoms with van der Waals surface area (Å²) in [6.45, 7) is 6.64. The van der Waals surface area contributed by atoms with Crippen molar-refractivity contribution in [2.24, 2.45) is 5.73 Å². The van der Waals surface area contributed by atoms with Crippen LogP contribution < -0.4 is 5.73 Å². The largest absolute Gasteiger partial charge is 0.444 e. The first-order valence-corrected chi connectivity index (χ1v) is 7.74. The van der Waals surface area contributed by atoms with Crippen molar-refractivity contribution in [3.05, 3.63) is 35.1 Å². The lowest BCUT2D eigenvalue weighted by Crippen LogP contribution is -2.41. The lowest BCUT2D eigenvalue weighted by atomic mass is 9.89. The average molecular weight is 322 g/mol. The minimum absolute atomic E-state index is 0.0973. The van der Waals surface area contributed by atoms with E-state index in [2.05, 4.69) is 0 Å². The number of likely N-dealkylation sites (tertiary alicyclic amines) is 1. The van der Waals surface area contributed by atoms with Crippen molar-refractivity contribution in [2.75, 3.05) is 13.1 Å². The van der Waals surface area contributed by atoms with Gasteiger partial charge in [0.05, 0.1) is 5.56 Å².